The van der Waals surface area contributed by atoms with Crippen LogP contribution in [0.1, 0.15) is 17.3 Å². The summed E-state index contributed by atoms with van der Waals surface area (Å²) in [6.07, 6.45) is 2.01. The lowest BCUT2D eigenvalue weighted by atomic mass is 9.99. The fourth-order valence-corrected chi connectivity index (χ4v) is 3.63. The second-order valence-electron chi connectivity index (χ2n) is 7.12. The van der Waals surface area contributed by atoms with Crippen molar-refractivity contribution in [1.29, 1.82) is 0 Å². The van der Waals surface area contributed by atoms with Crippen molar-refractivity contribution >= 4 is 5.91 Å². The minimum atomic E-state index is 0.0929. The number of nitrogens with one attached hydrogen (secondary N) is 1. The number of carbonyl (C=O) groups is 1. The van der Waals surface area contributed by atoms with Crippen molar-refractivity contribution in [2.75, 3.05) is 19.6 Å². The normalized spacial score (nSPS) is 17.1. The molecule has 1 aromatic heterocycles. The fraction of sp³-hybridized carbons (Fsp3) is 0.273. The van der Waals surface area contributed by atoms with E-state index in [9.17, 15) is 4.79 Å². The zero-order valence-corrected chi connectivity index (χ0v) is 15.7. The van der Waals surface area contributed by atoms with E-state index in [1.54, 1.807) is 0 Å². The van der Waals surface area contributed by atoms with Crippen LogP contribution in [0, 0.1) is 0 Å². The van der Waals surface area contributed by atoms with E-state index in [4.69, 9.17) is 0 Å². The Balaban J connectivity index is 1.69. The average Bonchev–Trinajstić information content (AvgIpc) is 3.10. The van der Waals surface area contributed by atoms with Crippen LogP contribution in [-0.4, -0.2) is 46.3 Å². The summed E-state index contributed by atoms with van der Waals surface area (Å²) >= 11 is 0. The summed E-state index contributed by atoms with van der Waals surface area (Å²) in [5.41, 5.74) is 4.77. The van der Waals surface area contributed by atoms with Gasteiger partial charge in [0.25, 0.3) is 5.91 Å². The van der Waals surface area contributed by atoms with Crippen LogP contribution in [0.2, 0.25) is 0 Å². The van der Waals surface area contributed by atoms with Crippen LogP contribution < -0.4 is 5.32 Å². The summed E-state index contributed by atoms with van der Waals surface area (Å²) in [4.78, 5) is 14.9. The number of hydrogen-bond donors (Lipinski definition) is 1. The van der Waals surface area contributed by atoms with Gasteiger partial charge in [-0.3, -0.25) is 9.48 Å². The van der Waals surface area contributed by atoms with Gasteiger partial charge in [0, 0.05) is 55.6 Å². The van der Waals surface area contributed by atoms with Crippen LogP contribution in [0.3, 0.4) is 0 Å². The van der Waals surface area contributed by atoms with E-state index in [0.29, 0.717) is 6.04 Å². The van der Waals surface area contributed by atoms with E-state index < -0.39 is 0 Å². The molecule has 1 unspecified atom stereocenters. The van der Waals surface area contributed by atoms with Crippen molar-refractivity contribution in [3.05, 3.63) is 66.4 Å². The van der Waals surface area contributed by atoms with Gasteiger partial charge < -0.3 is 10.2 Å². The molecule has 4 rings (SSSR count). The first kappa shape index (κ1) is 17.5. The molecule has 0 saturated carbocycles. The molecule has 1 N–H and O–H groups in total. The molecule has 138 valence electrons. The zero-order chi connectivity index (χ0) is 18.8. The molecule has 1 aliphatic rings. The van der Waals surface area contributed by atoms with E-state index in [1.807, 2.05) is 65.3 Å². The Bertz CT molecular complexity index is 948. The van der Waals surface area contributed by atoms with Crippen molar-refractivity contribution in [1.82, 2.24) is 20.0 Å². The highest BCUT2D eigenvalue weighted by Crippen LogP contribution is 2.31. The minimum Gasteiger partial charge on any atom is -0.336 e. The smallest absolute Gasteiger partial charge is 0.253 e. The van der Waals surface area contributed by atoms with Gasteiger partial charge >= 0.3 is 0 Å². The summed E-state index contributed by atoms with van der Waals surface area (Å²) in [7, 11) is 1.92. The minimum absolute atomic E-state index is 0.0929. The molecule has 2 aromatic carbocycles. The molecule has 27 heavy (non-hydrogen) atoms. The predicted molar refractivity (Wildman–Crippen MR) is 107 cm³/mol. The van der Waals surface area contributed by atoms with Gasteiger partial charge in [-0.05, 0) is 24.6 Å². The molecule has 0 aliphatic carbocycles. The Labute approximate surface area is 159 Å². The molecule has 0 radical (unpaired) electrons. The predicted octanol–water partition coefficient (Wildman–Crippen LogP) is 3.19. The van der Waals surface area contributed by atoms with Gasteiger partial charge in [-0.25, -0.2) is 0 Å². The first-order chi connectivity index (χ1) is 13.1. The quantitative estimate of drug-likeness (QED) is 0.780. The molecule has 1 amide bonds. The van der Waals surface area contributed by atoms with Gasteiger partial charge in [-0.2, -0.15) is 5.10 Å². The van der Waals surface area contributed by atoms with Crippen LogP contribution in [0.25, 0.3) is 22.4 Å². The highest BCUT2D eigenvalue weighted by Gasteiger charge is 2.22. The lowest BCUT2D eigenvalue weighted by Crippen LogP contribution is -2.51. The van der Waals surface area contributed by atoms with Crippen molar-refractivity contribution in [2.24, 2.45) is 7.05 Å². The molecule has 5 nitrogen and oxygen atoms in total. The molecule has 2 heterocycles. The standard InChI is InChI=1S/C22H24N4O/c1-16-14-26(12-11-23-16)22(27)19-10-6-9-18(13-19)20-15-25(2)24-21(20)17-7-4-3-5-8-17/h3-10,13,15-16,23H,11-12,14H2,1-2H3. The molecular weight excluding hydrogens is 336 g/mol. The Kier molecular flexibility index (Phi) is 4.77. The molecule has 3 aromatic rings. The largest absolute Gasteiger partial charge is 0.336 e. The van der Waals surface area contributed by atoms with Gasteiger partial charge in [0.05, 0.1) is 0 Å². The third-order valence-corrected chi connectivity index (χ3v) is 4.95. The maximum Gasteiger partial charge on any atom is 0.253 e. The van der Waals surface area contributed by atoms with Crippen LogP contribution in [0.15, 0.2) is 60.8 Å². The summed E-state index contributed by atoms with van der Waals surface area (Å²) in [5.74, 6) is 0.0929. The molecule has 1 aliphatic heterocycles. The molecule has 1 fully saturated rings. The lowest BCUT2D eigenvalue weighted by molar-refractivity contribution is 0.0709. The van der Waals surface area contributed by atoms with Gasteiger partial charge in [0.15, 0.2) is 0 Å². The Morgan fingerprint density at radius 3 is 2.67 bits per heavy atom. The van der Waals surface area contributed by atoms with Gasteiger partial charge in [0.1, 0.15) is 5.69 Å². The molecular formula is C22H24N4O. The van der Waals surface area contributed by atoms with Crippen molar-refractivity contribution in [2.45, 2.75) is 13.0 Å². The van der Waals surface area contributed by atoms with Crippen LogP contribution in [0.5, 0.6) is 0 Å². The van der Waals surface area contributed by atoms with E-state index >= 15 is 0 Å². The number of rotatable bonds is 3. The van der Waals surface area contributed by atoms with E-state index in [1.165, 1.54) is 0 Å². The summed E-state index contributed by atoms with van der Waals surface area (Å²) in [6.45, 7) is 4.44. The maximum atomic E-state index is 13.0. The number of nitrogens with zero attached hydrogens (tertiary/aromatic N) is 3. The third kappa shape index (κ3) is 3.64. The van der Waals surface area contributed by atoms with Crippen molar-refractivity contribution < 1.29 is 4.79 Å². The van der Waals surface area contributed by atoms with Crippen LogP contribution in [-0.2, 0) is 7.05 Å². The Morgan fingerprint density at radius 2 is 1.89 bits per heavy atom. The van der Waals surface area contributed by atoms with Gasteiger partial charge in [0.2, 0.25) is 0 Å². The highest BCUT2D eigenvalue weighted by atomic mass is 16.2. The first-order valence-electron chi connectivity index (χ1n) is 9.34. The molecule has 0 bridgehead atoms. The topological polar surface area (TPSA) is 50.2 Å². The van der Waals surface area contributed by atoms with Crippen molar-refractivity contribution in [3.8, 4) is 22.4 Å². The van der Waals surface area contributed by atoms with Gasteiger partial charge in [-0.15, -0.1) is 0 Å². The average molecular weight is 360 g/mol. The number of hydrogen-bond acceptors (Lipinski definition) is 3. The Hall–Kier alpha value is -2.92. The molecule has 1 saturated heterocycles. The van der Waals surface area contributed by atoms with E-state index in [0.717, 1.165) is 47.6 Å². The highest BCUT2D eigenvalue weighted by molar-refractivity contribution is 5.96. The second-order valence-corrected chi connectivity index (χ2v) is 7.12. The maximum absolute atomic E-state index is 13.0. The second kappa shape index (κ2) is 7.37. The van der Waals surface area contributed by atoms with Crippen LogP contribution >= 0.6 is 0 Å². The lowest BCUT2D eigenvalue weighted by Gasteiger charge is -2.32. The zero-order valence-electron chi connectivity index (χ0n) is 15.7. The summed E-state index contributed by atoms with van der Waals surface area (Å²) < 4.78 is 1.82. The number of carbonyl (C=O) groups excluding carboxylic acids is 1. The SMILES string of the molecule is CC1CN(C(=O)c2cccc(-c3cn(C)nc3-c3ccccc3)c2)CCN1. The molecule has 1 atom stereocenters. The number of aryl methyl sites for hydroxylation is 1. The summed E-state index contributed by atoms with van der Waals surface area (Å²) in [5, 5.41) is 8.02. The number of piperazine rings is 1. The van der Waals surface area contributed by atoms with E-state index in [-0.39, 0.29) is 5.91 Å². The monoisotopic (exact) mass is 360 g/mol. The Morgan fingerprint density at radius 1 is 1.11 bits per heavy atom. The number of amides is 1. The third-order valence-electron chi connectivity index (χ3n) is 4.95. The summed E-state index contributed by atoms with van der Waals surface area (Å²) in [6, 6.07) is 18.4. The number of aromatic nitrogens is 2. The van der Waals surface area contributed by atoms with Crippen LogP contribution in [0.4, 0.5) is 0 Å². The van der Waals surface area contributed by atoms with E-state index in [2.05, 4.69) is 29.5 Å². The molecule has 0 spiro atoms. The van der Waals surface area contributed by atoms with Crippen molar-refractivity contribution in [3.63, 3.8) is 0 Å². The van der Waals surface area contributed by atoms with Gasteiger partial charge in [-0.1, -0.05) is 42.5 Å². The number of benzene rings is 2. The first-order valence-corrected chi connectivity index (χ1v) is 9.34. The molecule has 5 heteroatoms. The fourth-order valence-electron chi connectivity index (χ4n) is 3.63.